The number of rotatable bonds is 4. The molecule has 1 rings (SSSR count). The highest BCUT2D eigenvalue weighted by Gasteiger charge is 1.99. The Hall–Kier alpha value is -0.470. The summed E-state index contributed by atoms with van der Waals surface area (Å²) in [5, 5.41) is 0. The fourth-order valence-corrected chi connectivity index (χ4v) is 1.94. The van der Waals surface area contributed by atoms with Gasteiger partial charge in [-0.1, -0.05) is 19.1 Å². The molecule has 1 aromatic carbocycles. The molecule has 0 aliphatic heterocycles. The molecule has 0 saturated carbocycles. The monoisotopic (exact) mass is 195 g/mol. The van der Waals surface area contributed by atoms with E-state index >= 15 is 0 Å². The number of hydrogen-bond acceptors (Lipinski definition) is 2. The summed E-state index contributed by atoms with van der Waals surface area (Å²) in [5.41, 5.74) is 7.03. The van der Waals surface area contributed by atoms with Crippen LogP contribution in [-0.2, 0) is 0 Å². The Morgan fingerprint density at radius 3 is 2.85 bits per heavy atom. The second kappa shape index (κ2) is 5.30. The van der Waals surface area contributed by atoms with Crippen LogP contribution in [0.25, 0.3) is 0 Å². The number of thioether (sulfide) groups is 1. The van der Waals surface area contributed by atoms with Crippen molar-refractivity contribution in [3.63, 3.8) is 0 Å². The highest BCUT2D eigenvalue weighted by Crippen LogP contribution is 2.21. The smallest absolute Gasteiger partial charge is 0.0266 e. The number of benzene rings is 1. The number of nitrogens with two attached hydrogens (primary N) is 1. The van der Waals surface area contributed by atoms with Gasteiger partial charge < -0.3 is 5.73 Å². The molecule has 2 heteroatoms. The van der Waals surface area contributed by atoms with Crippen LogP contribution in [0.4, 0.5) is 0 Å². The van der Waals surface area contributed by atoms with Gasteiger partial charge in [0.2, 0.25) is 0 Å². The molecule has 0 aromatic heterocycles. The molecule has 1 atom stereocenters. The molecule has 0 aliphatic rings. The largest absolute Gasteiger partial charge is 0.324 e. The number of hydrogen-bond donors (Lipinski definition) is 1. The molecular formula is C11H17NS. The van der Waals surface area contributed by atoms with Gasteiger partial charge in [-0.3, -0.25) is 0 Å². The summed E-state index contributed by atoms with van der Waals surface area (Å²) in [6, 6.07) is 8.64. The first-order valence-corrected chi connectivity index (χ1v) is 5.71. The molecule has 0 fully saturated rings. The molecule has 0 aliphatic carbocycles. The second-order valence-electron chi connectivity index (χ2n) is 3.21. The van der Waals surface area contributed by atoms with Gasteiger partial charge in [-0.2, -0.15) is 0 Å². The summed E-state index contributed by atoms with van der Waals surface area (Å²) in [6.07, 6.45) is 1.22. The lowest BCUT2D eigenvalue weighted by molar-refractivity contribution is 0.815. The average Bonchev–Trinajstić information content (AvgIpc) is 2.15. The van der Waals surface area contributed by atoms with Crippen molar-refractivity contribution in [3.05, 3.63) is 29.8 Å². The van der Waals surface area contributed by atoms with E-state index in [0.717, 1.165) is 0 Å². The van der Waals surface area contributed by atoms with Crippen LogP contribution in [0.3, 0.4) is 0 Å². The Kier molecular flexibility index (Phi) is 4.33. The zero-order valence-corrected chi connectivity index (χ0v) is 9.10. The Bertz CT molecular complexity index is 258. The Morgan fingerprint density at radius 2 is 2.23 bits per heavy atom. The first-order valence-electron chi connectivity index (χ1n) is 4.72. The van der Waals surface area contributed by atoms with E-state index in [1.54, 1.807) is 0 Å². The molecule has 0 radical (unpaired) electrons. The fraction of sp³-hybridized carbons (Fsp3) is 0.455. The predicted molar refractivity (Wildman–Crippen MR) is 60.1 cm³/mol. The van der Waals surface area contributed by atoms with Crippen molar-refractivity contribution in [2.75, 3.05) is 5.75 Å². The summed E-state index contributed by atoms with van der Waals surface area (Å²) in [7, 11) is 0. The van der Waals surface area contributed by atoms with E-state index < -0.39 is 0 Å². The maximum atomic E-state index is 5.80. The van der Waals surface area contributed by atoms with Crippen molar-refractivity contribution in [2.24, 2.45) is 5.73 Å². The van der Waals surface area contributed by atoms with Crippen LogP contribution < -0.4 is 5.73 Å². The lowest BCUT2D eigenvalue weighted by atomic mass is 10.1. The third kappa shape index (κ3) is 3.41. The molecule has 0 heterocycles. The molecule has 1 nitrogen and oxygen atoms in total. The zero-order chi connectivity index (χ0) is 9.68. The van der Waals surface area contributed by atoms with Crippen molar-refractivity contribution in [2.45, 2.75) is 31.2 Å². The molecule has 0 spiro atoms. The van der Waals surface area contributed by atoms with Crippen molar-refractivity contribution in [1.29, 1.82) is 0 Å². The molecule has 72 valence electrons. The van der Waals surface area contributed by atoms with Gasteiger partial charge in [0.05, 0.1) is 0 Å². The lowest BCUT2D eigenvalue weighted by Crippen LogP contribution is -2.04. The molecule has 2 N–H and O–H groups in total. The summed E-state index contributed by atoms with van der Waals surface area (Å²) in [6.45, 7) is 4.21. The van der Waals surface area contributed by atoms with Crippen LogP contribution in [-0.4, -0.2) is 5.75 Å². The molecular weight excluding hydrogens is 178 g/mol. The molecule has 0 bridgehead atoms. The molecule has 0 amide bonds. The minimum absolute atomic E-state index is 0.141. The molecule has 1 unspecified atom stereocenters. The maximum Gasteiger partial charge on any atom is 0.0266 e. The van der Waals surface area contributed by atoms with Gasteiger partial charge in [-0.05, 0) is 36.8 Å². The average molecular weight is 195 g/mol. The van der Waals surface area contributed by atoms with Gasteiger partial charge in [-0.25, -0.2) is 0 Å². The molecule has 0 saturated heterocycles. The third-order valence-electron chi connectivity index (χ3n) is 1.86. The van der Waals surface area contributed by atoms with Gasteiger partial charge in [0.25, 0.3) is 0 Å². The predicted octanol–water partition coefficient (Wildman–Crippen LogP) is 3.21. The zero-order valence-electron chi connectivity index (χ0n) is 8.29. The van der Waals surface area contributed by atoms with Crippen molar-refractivity contribution in [3.8, 4) is 0 Å². The third-order valence-corrected chi connectivity index (χ3v) is 3.06. The van der Waals surface area contributed by atoms with Gasteiger partial charge in [-0.15, -0.1) is 11.8 Å². The topological polar surface area (TPSA) is 26.0 Å². The van der Waals surface area contributed by atoms with Crippen LogP contribution >= 0.6 is 11.8 Å². The maximum absolute atomic E-state index is 5.80. The van der Waals surface area contributed by atoms with Crippen LogP contribution in [0.1, 0.15) is 31.9 Å². The van der Waals surface area contributed by atoms with Gasteiger partial charge in [0.1, 0.15) is 0 Å². The Labute approximate surface area is 84.7 Å². The van der Waals surface area contributed by atoms with E-state index in [1.807, 2.05) is 18.7 Å². The van der Waals surface area contributed by atoms with Gasteiger partial charge >= 0.3 is 0 Å². The van der Waals surface area contributed by atoms with Crippen LogP contribution in [0.15, 0.2) is 29.2 Å². The first kappa shape index (κ1) is 10.6. The van der Waals surface area contributed by atoms with E-state index in [4.69, 9.17) is 5.73 Å². The van der Waals surface area contributed by atoms with Crippen LogP contribution in [0.5, 0.6) is 0 Å². The standard InChI is InChI=1S/C11H17NS/c1-3-7-13-11-6-4-5-10(8-11)9(2)12/h4-6,8-9H,3,7,12H2,1-2H3. The summed E-state index contributed by atoms with van der Waals surface area (Å²) in [4.78, 5) is 1.33. The van der Waals surface area contributed by atoms with E-state index in [0.29, 0.717) is 0 Å². The van der Waals surface area contributed by atoms with E-state index in [9.17, 15) is 0 Å². The van der Waals surface area contributed by atoms with Crippen LogP contribution in [0.2, 0.25) is 0 Å². The summed E-state index contributed by atoms with van der Waals surface area (Å²) >= 11 is 1.90. The summed E-state index contributed by atoms with van der Waals surface area (Å²) < 4.78 is 0. The second-order valence-corrected chi connectivity index (χ2v) is 4.38. The molecule has 1 aromatic rings. The van der Waals surface area contributed by atoms with E-state index in [2.05, 4.69) is 31.2 Å². The fourth-order valence-electron chi connectivity index (χ4n) is 1.11. The Morgan fingerprint density at radius 1 is 1.46 bits per heavy atom. The molecule has 13 heavy (non-hydrogen) atoms. The van der Waals surface area contributed by atoms with E-state index in [-0.39, 0.29) is 6.04 Å². The highest BCUT2D eigenvalue weighted by molar-refractivity contribution is 7.99. The van der Waals surface area contributed by atoms with Crippen molar-refractivity contribution >= 4 is 11.8 Å². The minimum atomic E-state index is 0.141. The summed E-state index contributed by atoms with van der Waals surface area (Å²) in [5.74, 6) is 1.18. The first-order chi connectivity index (χ1) is 6.24. The van der Waals surface area contributed by atoms with Gasteiger partial charge in [0, 0.05) is 10.9 Å². The van der Waals surface area contributed by atoms with Gasteiger partial charge in [0.15, 0.2) is 0 Å². The SMILES string of the molecule is CCCSc1cccc(C(C)N)c1. The van der Waals surface area contributed by atoms with Crippen molar-refractivity contribution < 1.29 is 0 Å². The van der Waals surface area contributed by atoms with Crippen LogP contribution in [0, 0.1) is 0 Å². The highest BCUT2D eigenvalue weighted by atomic mass is 32.2. The van der Waals surface area contributed by atoms with E-state index in [1.165, 1.54) is 22.6 Å². The minimum Gasteiger partial charge on any atom is -0.324 e. The van der Waals surface area contributed by atoms with Crippen molar-refractivity contribution in [1.82, 2.24) is 0 Å². The Balaban J connectivity index is 2.68. The lowest BCUT2D eigenvalue weighted by Gasteiger charge is -2.07. The normalized spacial score (nSPS) is 12.8. The quantitative estimate of drug-likeness (QED) is 0.747.